The normalized spacial score (nSPS) is 12.6. The van der Waals surface area contributed by atoms with Gasteiger partial charge < -0.3 is 10.1 Å². The fraction of sp³-hybridized carbons (Fsp3) is 0.625. The number of aromatic amines is 1. The Morgan fingerprint density at radius 3 is 2.65 bits per heavy atom. The maximum absolute atomic E-state index is 12.2. The summed E-state index contributed by atoms with van der Waals surface area (Å²) in [5, 5.41) is 8.43. The lowest BCUT2D eigenvalue weighted by atomic mass is 10.6. The van der Waals surface area contributed by atoms with Crippen molar-refractivity contribution in [1.29, 1.82) is 0 Å². The van der Waals surface area contributed by atoms with Gasteiger partial charge in [0.15, 0.2) is 5.03 Å². The number of rotatable bonds is 6. The number of aromatic nitrogens is 2. The zero-order valence-electron chi connectivity index (χ0n) is 9.10. The van der Waals surface area contributed by atoms with Crippen LogP contribution in [0.2, 0.25) is 0 Å². The monoisotopic (exact) mass is 269 g/mol. The molecule has 0 aliphatic carbocycles. The highest BCUT2D eigenvalue weighted by molar-refractivity contribution is 7.89. The van der Waals surface area contributed by atoms with E-state index in [0.29, 0.717) is 10.1 Å². The van der Waals surface area contributed by atoms with E-state index in [1.165, 1.54) is 0 Å². The average molecular weight is 269 g/mol. The van der Waals surface area contributed by atoms with Gasteiger partial charge in [0.25, 0.3) is 16.4 Å². The molecular weight excluding hydrogens is 256 g/mol. The Labute approximate surface area is 97.3 Å². The molecule has 6 nitrogen and oxygen atoms in total. The molecule has 2 N–H and O–H groups in total. The van der Waals surface area contributed by atoms with Crippen molar-refractivity contribution in [3.05, 3.63) is 12.0 Å². The Balaban J connectivity index is 2.99. The molecule has 0 bridgehead atoms. The van der Waals surface area contributed by atoms with E-state index in [1.807, 2.05) is 0 Å². The average Bonchev–Trinajstić information content (AvgIpc) is 2.64. The Kier molecular flexibility index (Phi) is 4.54. The van der Waals surface area contributed by atoms with Crippen molar-refractivity contribution in [1.82, 2.24) is 14.3 Å². The molecule has 1 aromatic rings. The molecule has 0 spiro atoms. The number of imidazole rings is 1. The minimum absolute atomic E-state index is 0.260. The summed E-state index contributed by atoms with van der Waals surface area (Å²) in [5.41, 5.74) is 0. The minimum Gasteiger partial charge on any atom is -0.395 e. The van der Waals surface area contributed by atoms with Gasteiger partial charge in [-0.1, -0.05) is 0 Å². The van der Waals surface area contributed by atoms with E-state index in [9.17, 15) is 17.2 Å². The van der Waals surface area contributed by atoms with Gasteiger partial charge in [-0.3, -0.25) is 0 Å². The van der Waals surface area contributed by atoms with Gasteiger partial charge in [-0.15, -0.1) is 0 Å². The van der Waals surface area contributed by atoms with Gasteiger partial charge in [-0.05, 0) is 6.92 Å². The van der Waals surface area contributed by atoms with E-state index in [2.05, 4.69) is 9.97 Å². The van der Waals surface area contributed by atoms with E-state index in [4.69, 9.17) is 5.11 Å². The minimum atomic E-state index is -4.06. The maximum Gasteiger partial charge on any atom is 0.260 e. The van der Waals surface area contributed by atoms with Crippen molar-refractivity contribution in [3.63, 3.8) is 0 Å². The first-order valence-corrected chi connectivity index (χ1v) is 6.22. The molecule has 0 aliphatic rings. The molecule has 9 heteroatoms. The molecule has 0 radical (unpaired) electrons. The van der Waals surface area contributed by atoms with Crippen LogP contribution in [-0.4, -0.2) is 53.9 Å². The smallest absolute Gasteiger partial charge is 0.260 e. The molecule has 0 saturated carbocycles. The second-order valence-corrected chi connectivity index (χ2v) is 5.22. The number of nitrogens with one attached hydrogen (secondary N) is 1. The largest absolute Gasteiger partial charge is 0.395 e. The number of aryl methyl sites for hydroxylation is 1. The number of aliphatic hydroxyl groups is 1. The molecular formula is C8H13F2N3O3S. The van der Waals surface area contributed by atoms with Crippen LogP contribution in [-0.2, 0) is 10.0 Å². The van der Waals surface area contributed by atoms with Gasteiger partial charge in [0.05, 0.1) is 19.3 Å². The van der Waals surface area contributed by atoms with Crippen LogP contribution < -0.4 is 0 Å². The summed E-state index contributed by atoms with van der Waals surface area (Å²) in [6.07, 6.45) is -1.75. The molecule has 0 aromatic carbocycles. The second-order valence-electron chi connectivity index (χ2n) is 3.31. The first-order valence-electron chi connectivity index (χ1n) is 4.78. The summed E-state index contributed by atoms with van der Waals surface area (Å²) in [6.45, 7) is -0.326. The maximum atomic E-state index is 12.2. The van der Waals surface area contributed by atoms with Gasteiger partial charge in [0.1, 0.15) is 5.82 Å². The van der Waals surface area contributed by atoms with Gasteiger partial charge in [-0.2, -0.15) is 4.31 Å². The number of nitrogens with zero attached hydrogens (tertiary/aromatic N) is 2. The van der Waals surface area contributed by atoms with Crippen LogP contribution >= 0.6 is 0 Å². The highest BCUT2D eigenvalue weighted by Gasteiger charge is 2.28. The zero-order valence-corrected chi connectivity index (χ0v) is 9.91. The van der Waals surface area contributed by atoms with Gasteiger partial charge in [-0.25, -0.2) is 22.2 Å². The molecule has 0 fully saturated rings. The van der Waals surface area contributed by atoms with E-state index in [-0.39, 0.29) is 11.6 Å². The molecule has 1 heterocycles. The Morgan fingerprint density at radius 2 is 2.24 bits per heavy atom. The molecule has 1 rings (SSSR count). The number of hydrogen-bond donors (Lipinski definition) is 2. The molecule has 17 heavy (non-hydrogen) atoms. The molecule has 0 aliphatic heterocycles. The van der Waals surface area contributed by atoms with Gasteiger partial charge in [0.2, 0.25) is 0 Å². The number of sulfonamides is 1. The fourth-order valence-corrected chi connectivity index (χ4v) is 2.62. The molecule has 0 unspecified atom stereocenters. The predicted octanol–water partition coefficient (Wildman–Crippen LogP) is -0.0338. The van der Waals surface area contributed by atoms with Crippen molar-refractivity contribution < 1.29 is 22.3 Å². The zero-order chi connectivity index (χ0) is 13.1. The van der Waals surface area contributed by atoms with E-state index < -0.39 is 29.6 Å². The Hall–Kier alpha value is -1.06. The third-order valence-electron chi connectivity index (χ3n) is 1.99. The van der Waals surface area contributed by atoms with Crippen molar-refractivity contribution in [2.45, 2.75) is 18.4 Å². The summed E-state index contributed by atoms with van der Waals surface area (Å²) in [4.78, 5) is 6.15. The van der Waals surface area contributed by atoms with E-state index >= 15 is 0 Å². The number of hydrogen-bond acceptors (Lipinski definition) is 4. The number of halogens is 2. The van der Waals surface area contributed by atoms with Crippen LogP contribution in [0.1, 0.15) is 5.82 Å². The van der Waals surface area contributed by atoms with Crippen LogP contribution in [0.25, 0.3) is 0 Å². The second kappa shape index (κ2) is 5.52. The van der Waals surface area contributed by atoms with Crippen LogP contribution in [0.3, 0.4) is 0 Å². The molecule has 0 amide bonds. The highest BCUT2D eigenvalue weighted by Crippen LogP contribution is 2.14. The van der Waals surface area contributed by atoms with Gasteiger partial charge >= 0.3 is 0 Å². The molecule has 1 aromatic heterocycles. The Morgan fingerprint density at radius 1 is 1.59 bits per heavy atom. The predicted molar refractivity (Wildman–Crippen MR) is 55.2 cm³/mol. The lowest BCUT2D eigenvalue weighted by Crippen LogP contribution is -2.37. The summed E-state index contributed by atoms with van der Waals surface area (Å²) in [5.74, 6) is 0.365. The standard InChI is InChI=1S/C8H13F2N3O3S/c1-6-11-4-8(12-6)17(15,16)13(2-3-14)5-7(9)10/h4,7,14H,2-3,5H2,1H3,(H,11,12). The van der Waals surface area contributed by atoms with Crippen molar-refractivity contribution in [2.75, 3.05) is 19.7 Å². The van der Waals surface area contributed by atoms with E-state index in [1.54, 1.807) is 6.92 Å². The summed E-state index contributed by atoms with van der Waals surface area (Å²) in [7, 11) is -4.06. The van der Waals surface area contributed by atoms with Crippen molar-refractivity contribution in [3.8, 4) is 0 Å². The third-order valence-corrected chi connectivity index (χ3v) is 3.76. The fourth-order valence-electron chi connectivity index (χ4n) is 1.24. The molecule has 0 atom stereocenters. The quantitative estimate of drug-likeness (QED) is 0.759. The van der Waals surface area contributed by atoms with Crippen LogP contribution in [0.15, 0.2) is 11.2 Å². The first-order chi connectivity index (χ1) is 7.87. The summed E-state index contributed by atoms with van der Waals surface area (Å²) in [6, 6.07) is 0. The van der Waals surface area contributed by atoms with Crippen LogP contribution in [0.4, 0.5) is 8.78 Å². The first kappa shape index (κ1) is 14.0. The SMILES string of the molecule is Cc1ncc(S(=O)(=O)N(CCO)CC(F)F)[nH]1. The number of H-pyrrole nitrogens is 1. The lowest BCUT2D eigenvalue weighted by Gasteiger charge is -2.19. The third kappa shape index (κ3) is 3.45. The lowest BCUT2D eigenvalue weighted by molar-refractivity contribution is 0.113. The van der Waals surface area contributed by atoms with Crippen molar-refractivity contribution >= 4 is 10.0 Å². The number of alkyl halides is 2. The van der Waals surface area contributed by atoms with Crippen molar-refractivity contribution in [2.24, 2.45) is 0 Å². The number of aliphatic hydroxyl groups excluding tert-OH is 1. The van der Waals surface area contributed by atoms with Crippen LogP contribution in [0, 0.1) is 6.92 Å². The Bertz CT molecular complexity index is 460. The van der Waals surface area contributed by atoms with Gasteiger partial charge in [0, 0.05) is 6.54 Å². The van der Waals surface area contributed by atoms with Crippen LogP contribution in [0.5, 0.6) is 0 Å². The van der Waals surface area contributed by atoms with E-state index in [0.717, 1.165) is 6.20 Å². The highest BCUT2D eigenvalue weighted by atomic mass is 32.2. The molecule has 98 valence electrons. The molecule has 0 saturated heterocycles. The topological polar surface area (TPSA) is 86.3 Å². The summed E-state index contributed by atoms with van der Waals surface area (Å²) >= 11 is 0. The summed E-state index contributed by atoms with van der Waals surface area (Å²) < 4.78 is 48.8.